The maximum absolute atomic E-state index is 13.2. The van der Waals surface area contributed by atoms with Crippen LogP contribution in [0.5, 0.6) is 0 Å². The average molecular weight is 696 g/mol. The van der Waals surface area contributed by atoms with Crippen molar-refractivity contribution in [2.45, 2.75) is 76.4 Å². The third kappa shape index (κ3) is 19.7. The van der Waals surface area contributed by atoms with Crippen molar-refractivity contribution in [1.82, 2.24) is 21.3 Å². The number of benzene rings is 1. The molecular formula is C33H57N7O9. The summed E-state index contributed by atoms with van der Waals surface area (Å²) < 4.78 is 10.9. The standard InChI is InChI=1S/C33H57N7O9/c1-2-40(25-11-4-3-5-12-25)19-10-15-29(42)36-18-20-48-21-22-49-24-30(43)37-26(13-6-8-16-34)31(44)38-27(14-7-9-17-35)32(45)39-28(23-41)33(46)47/h3-5,11-12,26-28,41H,2,6-10,13-24,34-35H2,1H3,(H,36,42)(H,37,43)(H,38,44)(H,39,45)(H,46,47)/t26-,27-,28-/m0/s1. The number of ether oxygens (including phenoxy) is 2. The van der Waals surface area contributed by atoms with Gasteiger partial charge in [-0.15, -0.1) is 0 Å². The molecule has 0 aliphatic carbocycles. The van der Waals surface area contributed by atoms with E-state index in [2.05, 4.69) is 33.1 Å². The normalized spacial score (nSPS) is 12.7. The Labute approximate surface area is 289 Å². The molecule has 3 atom stereocenters. The highest BCUT2D eigenvalue weighted by atomic mass is 16.5. The fraction of sp³-hybridized carbons (Fsp3) is 0.667. The van der Waals surface area contributed by atoms with E-state index in [1.807, 2.05) is 30.3 Å². The van der Waals surface area contributed by atoms with Crippen LogP contribution < -0.4 is 37.6 Å². The van der Waals surface area contributed by atoms with Gasteiger partial charge in [0.05, 0.1) is 26.4 Å². The summed E-state index contributed by atoms with van der Waals surface area (Å²) in [6.07, 6.45) is 3.74. The Bertz CT molecular complexity index is 1100. The maximum atomic E-state index is 13.2. The first kappa shape index (κ1) is 43.2. The fourth-order valence-electron chi connectivity index (χ4n) is 4.76. The zero-order chi connectivity index (χ0) is 36.3. The van der Waals surface area contributed by atoms with E-state index in [4.69, 9.17) is 20.9 Å². The van der Waals surface area contributed by atoms with Crippen LogP contribution in [-0.4, -0.2) is 124 Å². The maximum Gasteiger partial charge on any atom is 0.328 e. The molecule has 0 saturated heterocycles. The summed E-state index contributed by atoms with van der Waals surface area (Å²) in [5, 5.41) is 28.7. The van der Waals surface area contributed by atoms with Gasteiger partial charge >= 0.3 is 5.97 Å². The molecule has 0 unspecified atom stereocenters. The van der Waals surface area contributed by atoms with Gasteiger partial charge in [0.15, 0.2) is 0 Å². The lowest BCUT2D eigenvalue weighted by Gasteiger charge is -2.24. The van der Waals surface area contributed by atoms with Crippen LogP contribution in [0.1, 0.15) is 58.3 Å². The molecule has 278 valence electrons. The van der Waals surface area contributed by atoms with Crippen LogP contribution in [0, 0.1) is 0 Å². The van der Waals surface area contributed by atoms with Gasteiger partial charge in [0.1, 0.15) is 24.7 Å². The molecule has 49 heavy (non-hydrogen) atoms. The summed E-state index contributed by atoms with van der Waals surface area (Å²) >= 11 is 0. The Morgan fingerprint density at radius 2 is 1.37 bits per heavy atom. The van der Waals surface area contributed by atoms with Crippen LogP contribution in [0.3, 0.4) is 0 Å². The van der Waals surface area contributed by atoms with Gasteiger partial charge in [0.25, 0.3) is 0 Å². The second-order valence-corrected chi connectivity index (χ2v) is 11.4. The van der Waals surface area contributed by atoms with Crippen molar-refractivity contribution in [3.63, 3.8) is 0 Å². The van der Waals surface area contributed by atoms with Gasteiger partial charge in [0.2, 0.25) is 23.6 Å². The van der Waals surface area contributed by atoms with Gasteiger partial charge in [-0.25, -0.2) is 4.79 Å². The van der Waals surface area contributed by atoms with Crippen LogP contribution >= 0.6 is 0 Å². The van der Waals surface area contributed by atoms with E-state index in [1.54, 1.807) is 0 Å². The van der Waals surface area contributed by atoms with Crippen molar-refractivity contribution in [2.24, 2.45) is 11.5 Å². The number of rotatable bonds is 29. The van der Waals surface area contributed by atoms with Crippen LogP contribution in [-0.2, 0) is 33.4 Å². The predicted octanol–water partition coefficient (Wildman–Crippen LogP) is -0.768. The van der Waals surface area contributed by atoms with E-state index in [9.17, 15) is 34.2 Å². The van der Waals surface area contributed by atoms with E-state index in [-0.39, 0.29) is 45.2 Å². The monoisotopic (exact) mass is 695 g/mol. The highest BCUT2D eigenvalue weighted by Gasteiger charge is 2.29. The molecule has 1 rings (SSSR count). The largest absolute Gasteiger partial charge is 0.480 e. The van der Waals surface area contributed by atoms with E-state index in [0.29, 0.717) is 51.7 Å². The number of nitrogens with two attached hydrogens (primary N) is 2. The molecule has 16 nitrogen and oxygen atoms in total. The number of aliphatic carboxylic acids is 1. The fourth-order valence-corrected chi connectivity index (χ4v) is 4.76. The molecule has 0 bridgehead atoms. The molecule has 0 aromatic heterocycles. The second kappa shape index (κ2) is 27.0. The molecule has 0 radical (unpaired) electrons. The van der Waals surface area contributed by atoms with E-state index < -0.39 is 48.4 Å². The number of hydrogen-bond donors (Lipinski definition) is 8. The first-order valence-electron chi connectivity index (χ1n) is 17.0. The third-order valence-electron chi connectivity index (χ3n) is 7.48. The summed E-state index contributed by atoms with van der Waals surface area (Å²) in [6, 6.07) is 6.41. The van der Waals surface area contributed by atoms with Gasteiger partial charge in [-0.3, -0.25) is 19.2 Å². The minimum atomic E-state index is -1.53. The minimum absolute atomic E-state index is 0.0530. The van der Waals surface area contributed by atoms with Gasteiger partial charge in [-0.2, -0.15) is 0 Å². The lowest BCUT2D eigenvalue weighted by molar-refractivity contribution is -0.143. The van der Waals surface area contributed by atoms with Crippen molar-refractivity contribution >= 4 is 35.3 Å². The summed E-state index contributed by atoms with van der Waals surface area (Å²) in [6.45, 7) is 4.24. The highest BCUT2D eigenvalue weighted by Crippen LogP contribution is 2.13. The van der Waals surface area contributed by atoms with Gasteiger partial charge < -0.3 is 57.3 Å². The Kier molecular flexibility index (Phi) is 23.8. The smallest absolute Gasteiger partial charge is 0.328 e. The van der Waals surface area contributed by atoms with Crippen molar-refractivity contribution < 1.29 is 43.7 Å². The van der Waals surface area contributed by atoms with Crippen molar-refractivity contribution in [1.29, 1.82) is 0 Å². The molecule has 16 heteroatoms. The summed E-state index contributed by atoms with van der Waals surface area (Å²) in [7, 11) is 0. The van der Waals surface area contributed by atoms with Crippen LogP contribution in [0.15, 0.2) is 30.3 Å². The first-order chi connectivity index (χ1) is 23.7. The minimum Gasteiger partial charge on any atom is -0.480 e. The number of hydrogen-bond acceptors (Lipinski definition) is 11. The van der Waals surface area contributed by atoms with Crippen LogP contribution in [0.25, 0.3) is 0 Å². The Balaban J connectivity index is 2.43. The molecule has 0 saturated carbocycles. The molecular weight excluding hydrogens is 638 g/mol. The number of unbranched alkanes of at least 4 members (excludes halogenated alkanes) is 2. The zero-order valence-corrected chi connectivity index (χ0v) is 28.7. The Morgan fingerprint density at radius 3 is 1.94 bits per heavy atom. The Hall–Kier alpha value is -3.83. The lowest BCUT2D eigenvalue weighted by atomic mass is 10.0. The Morgan fingerprint density at radius 1 is 0.776 bits per heavy atom. The topological polar surface area (TPSA) is 248 Å². The number of aliphatic hydroxyl groups is 1. The number of carboxylic acids is 1. The number of para-hydroxylation sites is 1. The van der Waals surface area contributed by atoms with Crippen molar-refractivity contribution in [3.05, 3.63) is 30.3 Å². The molecule has 0 heterocycles. The molecule has 0 spiro atoms. The molecule has 10 N–H and O–H groups in total. The SMILES string of the molecule is CCN(CCCC(=O)NCCOCCOCC(=O)N[C@@H](CCCCN)C(=O)N[C@@H](CCCCN)C(=O)N[C@@H](CO)C(=O)O)c1ccccc1. The number of amides is 4. The summed E-state index contributed by atoms with van der Waals surface area (Å²) in [4.78, 5) is 64.2. The zero-order valence-electron chi connectivity index (χ0n) is 28.7. The van der Waals surface area contributed by atoms with Gasteiger partial charge in [0, 0.05) is 31.7 Å². The third-order valence-corrected chi connectivity index (χ3v) is 7.48. The van der Waals surface area contributed by atoms with E-state index in [1.165, 1.54) is 0 Å². The molecule has 1 aromatic rings. The molecule has 0 aliphatic rings. The highest BCUT2D eigenvalue weighted by molar-refractivity contribution is 5.93. The lowest BCUT2D eigenvalue weighted by Crippen LogP contribution is -2.56. The predicted molar refractivity (Wildman–Crippen MR) is 185 cm³/mol. The number of nitrogens with one attached hydrogen (secondary N) is 4. The number of anilines is 1. The number of carboxylic acid groups (broad SMARTS) is 1. The number of aliphatic hydroxyl groups excluding tert-OH is 1. The van der Waals surface area contributed by atoms with E-state index in [0.717, 1.165) is 25.2 Å². The number of carbonyl (C=O) groups excluding carboxylic acids is 4. The number of nitrogens with zero attached hydrogens (tertiary/aromatic N) is 1. The van der Waals surface area contributed by atoms with Crippen molar-refractivity contribution in [3.8, 4) is 0 Å². The molecule has 0 aliphatic heterocycles. The summed E-state index contributed by atoms with van der Waals surface area (Å²) in [5.41, 5.74) is 12.3. The second-order valence-electron chi connectivity index (χ2n) is 11.4. The van der Waals surface area contributed by atoms with E-state index >= 15 is 0 Å². The van der Waals surface area contributed by atoms with Crippen molar-refractivity contribution in [2.75, 3.05) is 70.7 Å². The van der Waals surface area contributed by atoms with Gasteiger partial charge in [-0.05, 0) is 77.1 Å². The average Bonchev–Trinajstić information content (AvgIpc) is 3.09. The summed E-state index contributed by atoms with van der Waals surface area (Å²) in [5.74, 6) is -3.43. The quantitative estimate of drug-likeness (QED) is 0.0482. The number of carbonyl (C=O) groups is 5. The first-order valence-corrected chi connectivity index (χ1v) is 17.0. The van der Waals surface area contributed by atoms with Gasteiger partial charge in [-0.1, -0.05) is 18.2 Å². The molecule has 1 aromatic carbocycles. The molecule has 0 fully saturated rings. The van der Waals surface area contributed by atoms with Crippen LogP contribution in [0.4, 0.5) is 5.69 Å². The molecule has 4 amide bonds. The van der Waals surface area contributed by atoms with Crippen LogP contribution in [0.2, 0.25) is 0 Å².